The van der Waals surface area contributed by atoms with Gasteiger partial charge in [-0.25, -0.2) is 8.42 Å². The van der Waals surface area contributed by atoms with Crippen molar-refractivity contribution in [3.05, 3.63) is 29.8 Å². The van der Waals surface area contributed by atoms with Crippen molar-refractivity contribution < 1.29 is 17.9 Å². The van der Waals surface area contributed by atoms with E-state index in [9.17, 15) is 8.42 Å². The molecule has 0 aromatic heterocycles. The molecule has 0 spiro atoms. The Kier molecular flexibility index (Phi) is 4.64. The first kappa shape index (κ1) is 15.2. The van der Waals surface area contributed by atoms with E-state index in [1.807, 2.05) is 0 Å². The van der Waals surface area contributed by atoms with Crippen LogP contribution in [0.1, 0.15) is 5.56 Å². The molecule has 1 aliphatic heterocycles. The van der Waals surface area contributed by atoms with E-state index in [4.69, 9.17) is 15.2 Å². The molecule has 1 saturated heterocycles. The van der Waals surface area contributed by atoms with E-state index in [0.29, 0.717) is 24.3 Å². The van der Waals surface area contributed by atoms with Crippen LogP contribution in [0.25, 0.3) is 0 Å². The lowest BCUT2D eigenvalue weighted by atomic mass is 10.2. The van der Waals surface area contributed by atoms with E-state index in [0.717, 1.165) is 0 Å². The minimum Gasteiger partial charge on any atom is -0.399 e. The summed E-state index contributed by atoms with van der Waals surface area (Å²) in [6, 6.07) is 6.85. The van der Waals surface area contributed by atoms with E-state index < -0.39 is 10.0 Å². The Morgan fingerprint density at radius 1 is 1.15 bits per heavy atom. The maximum absolute atomic E-state index is 12.4. The third-order valence-electron chi connectivity index (χ3n) is 3.51. The maximum atomic E-state index is 12.4. The zero-order valence-corrected chi connectivity index (χ0v) is 12.5. The normalized spacial score (nSPS) is 24.1. The number of sulfonamides is 1. The third kappa shape index (κ3) is 3.29. The first-order valence-electron chi connectivity index (χ1n) is 6.34. The lowest BCUT2D eigenvalue weighted by Crippen LogP contribution is -2.31. The first-order valence-corrected chi connectivity index (χ1v) is 7.95. The Labute approximate surface area is 119 Å². The summed E-state index contributed by atoms with van der Waals surface area (Å²) in [6.45, 7) is 0.651. The highest BCUT2D eigenvalue weighted by molar-refractivity contribution is 7.88. The standard InChI is InChI=1S/C13H20N2O4S/c1-18-12-7-15(8-13(12)19-2)20(16,17)9-10-3-5-11(14)6-4-10/h3-6,12-13H,7-9,14H2,1-2H3. The van der Waals surface area contributed by atoms with Gasteiger partial charge in [0.2, 0.25) is 10.0 Å². The van der Waals surface area contributed by atoms with Gasteiger partial charge in [-0.2, -0.15) is 4.31 Å². The molecule has 6 nitrogen and oxygen atoms in total. The molecule has 0 amide bonds. The molecule has 1 aliphatic rings. The Bertz CT molecular complexity index is 532. The van der Waals surface area contributed by atoms with Gasteiger partial charge in [-0.05, 0) is 17.7 Å². The highest BCUT2D eigenvalue weighted by atomic mass is 32.2. The molecule has 2 unspecified atom stereocenters. The van der Waals surface area contributed by atoms with E-state index >= 15 is 0 Å². The predicted molar refractivity (Wildman–Crippen MR) is 76.6 cm³/mol. The molecule has 112 valence electrons. The third-order valence-corrected chi connectivity index (χ3v) is 5.29. The lowest BCUT2D eigenvalue weighted by molar-refractivity contribution is -0.00461. The van der Waals surface area contributed by atoms with Crippen LogP contribution in [0.4, 0.5) is 5.69 Å². The van der Waals surface area contributed by atoms with Gasteiger partial charge in [-0.3, -0.25) is 0 Å². The molecule has 1 aromatic rings. The number of ether oxygens (including phenoxy) is 2. The average molecular weight is 300 g/mol. The van der Waals surface area contributed by atoms with Crippen LogP contribution in [0.3, 0.4) is 0 Å². The SMILES string of the molecule is COC1CN(S(=O)(=O)Cc2ccc(N)cc2)CC1OC. The lowest BCUT2D eigenvalue weighted by Gasteiger charge is -2.16. The fourth-order valence-corrected chi connectivity index (χ4v) is 3.85. The van der Waals surface area contributed by atoms with Crippen LogP contribution >= 0.6 is 0 Å². The van der Waals surface area contributed by atoms with Crippen LogP contribution in [-0.2, 0) is 25.2 Å². The Balaban J connectivity index is 2.09. The minimum absolute atomic E-state index is 0.0415. The van der Waals surface area contributed by atoms with Crippen LogP contribution in [0.2, 0.25) is 0 Å². The zero-order valence-electron chi connectivity index (χ0n) is 11.7. The molecule has 1 aromatic carbocycles. The van der Waals surface area contributed by atoms with Crippen molar-refractivity contribution in [1.82, 2.24) is 4.31 Å². The number of nitrogens with two attached hydrogens (primary N) is 1. The van der Waals surface area contributed by atoms with E-state index in [1.165, 1.54) is 4.31 Å². The fourth-order valence-electron chi connectivity index (χ4n) is 2.31. The summed E-state index contributed by atoms with van der Waals surface area (Å²) >= 11 is 0. The number of nitrogen functional groups attached to an aromatic ring is 1. The van der Waals surface area contributed by atoms with Crippen LogP contribution in [0.15, 0.2) is 24.3 Å². The van der Waals surface area contributed by atoms with Crippen molar-refractivity contribution in [3.8, 4) is 0 Å². The second-order valence-electron chi connectivity index (χ2n) is 4.86. The molecule has 7 heteroatoms. The van der Waals surface area contributed by atoms with Crippen LogP contribution in [0, 0.1) is 0 Å². The van der Waals surface area contributed by atoms with Gasteiger partial charge in [0.25, 0.3) is 0 Å². The number of benzene rings is 1. The highest BCUT2D eigenvalue weighted by Crippen LogP contribution is 2.21. The van der Waals surface area contributed by atoms with Crippen molar-refractivity contribution >= 4 is 15.7 Å². The second-order valence-corrected chi connectivity index (χ2v) is 6.83. The van der Waals surface area contributed by atoms with E-state index in [1.54, 1.807) is 38.5 Å². The Morgan fingerprint density at radius 3 is 2.10 bits per heavy atom. The van der Waals surface area contributed by atoms with Crippen molar-refractivity contribution in [3.63, 3.8) is 0 Å². The average Bonchev–Trinajstić information content (AvgIpc) is 2.85. The summed E-state index contributed by atoms with van der Waals surface area (Å²) < 4.78 is 36.7. The minimum atomic E-state index is -3.38. The van der Waals surface area contributed by atoms with Crippen molar-refractivity contribution in [1.29, 1.82) is 0 Å². The van der Waals surface area contributed by atoms with Gasteiger partial charge in [-0.1, -0.05) is 12.1 Å². The highest BCUT2D eigenvalue weighted by Gasteiger charge is 2.38. The molecule has 0 aliphatic carbocycles. The fraction of sp³-hybridized carbons (Fsp3) is 0.538. The van der Waals surface area contributed by atoms with Crippen LogP contribution in [0.5, 0.6) is 0 Å². The van der Waals surface area contributed by atoms with Gasteiger partial charge >= 0.3 is 0 Å². The zero-order chi connectivity index (χ0) is 14.8. The van der Waals surface area contributed by atoms with Crippen molar-refractivity contribution in [2.24, 2.45) is 0 Å². The summed E-state index contributed by atoms with van der Waals surface area (Å²) in [5.74, 6) is -0.0415. The Morgan fingerprint density at radius 2 is 1.65 bits per heavy atom. The van der Waals surface area contributed by atoms with Gasteiger partial charge in [0.05, 0.1) is 18.0 Å². The maximum Gasteiger partial charge on any atom is 0.218 e. The molecule has 2 rings (SSSR count). The molecule has 0 radical (unpaired) electrons. The molecule has 1 fully saturated rings. The van der Waals surface area contributed by atoms with E-state index in [-0.39, 0.29) is 18.0 Å². The van der Waals surface area contributed by atoms with Gasteiger partial charge in [0.1, 0.15) is 0 Å². The topological polar surface area (TPSA) is 81.9 Å². The molecule has 1 heterocycles. The second kappa shape index (κ2) is 6.09. The van der Waals surface area contributed by atoms with E-state index in [2.05, 4.69) is 0 Å². The summed E-state index contributed by atoms with van der Waals surface area (Å²) in [5, 5.41) is 0. The number of nitrogens with zero attached hydrogens (tertiary/aromatic N) is 1. The number of hydrogen-bond acceptors (Lipinski definition) is 5. The monoisotopic (exact) mass is 300 g/mol. The summed E-state index contributed by atoms with van der Waals surface area (Å²) in [5.41, 5.74) is 6.93. The van der Waals surface area contributed by atoms with Crippen molar-refractivity contribution in [2.75, 3.05) is 33.0 Å². The molecule has 0 bridgehead atoms. The number of methoxy groups -OCH3 is 2. The van der Waals surface area contributed by atoms with Crippen LogP contribution < -0.4 is 5.73 Å². The molecule has 2 atom stereocenters. The Hall–Kier alpha value is -1.15. The quantitative estimate of drug-likeness (QED) is 0.798. The number of hydrogen-bond donors (Lipinski definition) is 1. The molecule has 2 N–H and O–H groups in total. The molecule has 0 saturated carbocycles. The molecular weight excluding hydrogens is 280 g/mol. The summed E-state index contributed by atoms with van der Waals surface area (Å²) in [7, 11) is -0.255. The number of anilines is 1. The van der Waals surface area contributed by atoms with Crippen molar-refractivity contribution in [2.45, 2.75) is 18.0 Å². The van der Waals surface area contributed by atoms with Gasteiger partial charge in [0.15, 0.2) is 0 Å². The first-order chi connectivity index (χ1) is 9.46. The van der Waals surface area contributed by atoms with Gasteiger partial charge in [0, 0.05) is 33.0 Å². The summed E-state index contributed by atoms with van der Waals surface area (Å²) in [4.78, 5) is 0. The molecular formula is C13H20N2O4S. The van der Waals surface area contributed by atoms with Gasteiger partial charge < -0.3 is 15.2 Å². The largest absolute Gasteiger partial charge is 0.399 e. The molecule has 20 heavy (non-hydrogen) atoms. The van der Waals surface area contributed by atoms with Gasteiger partial charge in [-0.15, -0.1) is 0 Å². The van der Waals surface area contributed by atoms with Crippen LogP contribution in [-0.4, -0.2) is 52.2 Å². The number of rotatable bonds is 5. The summed E-state index contributed by atoms with van der Waals surface area (Å²) in [6.07, 6.45) is -0.442. The predicted octanol–water partition coefficient (Wildman–Crippen LogP) is 0.444. The smallest absolute Gasteiger partial charge is 0.218 e.